The van der Waals surface area contributed by atoms with Gasteiger partial charge in [-0.3, -0.25) is 9.59 Å². The van der Waals surface area contributed by atoms with Crippen molar-refractivity contribution in [2.45, 2.75) is 57.0 Å². The number of carbonyl (C=O) groups excluding carboxylic acids is 2. The number of primary amides is 1. The summed E-state index contributed by atoms with van der Waals surface area (Å²) in [6, 6.07) is 20.3. The van der Waals surface area contributed by atoms with Crippen molar-refractivity contribution in [3.63, 3.8) is 0 Å². The van der Waals surface area contributed by atoms with Crippen LogP contribution >= 0.6 is 0 Å². The molecule has 0 radical (unpaired) electrons. The van der Waals surface area contributed by atoms with Gasteiger partial charge < -0.3 is 27.5 Å². The summed E-state index contributed by atoms with van der Waals surface area (Å²) in [7, 11) is 1.42. The minimum Gasteiger partial charge on any atom is -1.00 e. The summed E-state index contributed by atoms with van der Waals surface area (Å²) in [5.74, 6) is 0.771. The number of hydrogen-bond donors (Lipinski definition) is 1. The molecule has 1 aliphatic rings. The van der Waals surface area contributed by atoms with Crippen LogP contribution in [0.15, 0.2) is 73.1 Å². The summed E-state index contributed by atoms with van der Waals surface area (Å²) in [5, 5.41) is 0. The van der Waals surface area contributed by atoms with Gasteiger partial charge in [0.25, 0.3) is 5.82 Å². The predicted molar refractivity (Wildman–Crippen MR) is 130 cm³/mol. The van der Waals surface area contributed by atoms with Crippen LogP contribution < -0.4 is 27.3 Å². The summed E-state index contributed by atoms with van der Waals surface area (Å²) in [6.07, 6.45) is 8.11. The van der Waals surface area contributed by atoms with E-state index in [0.717, 1.165) is 49.2 Å². The Morgan fingerprint density at radius 1 is 1.06 bits per heavy atom. The number of hydrogen-bond acceptors (Lipinski definition) is 3. The van der Waals surface area contributed by atoms with E-state index in [9.17, 15) is 9.59 Å². The van der Waals surface area contributed by atoms with Crippen molar-refractivity contribution in [2.24, 2.45) is 11.7 Å². The van der Waals surface area contributed by atoms with Crippen molar-refractivity contribution in [3.05, 3.63) is 90.0 Å². The highest BCUT2D eigenvalue weighted by Crippen LogP contribution is 2.48. The Labute approximate surface area is 217 Å². The summed E-state index contributed by atoms with van der Waals surface area (Å²) in [6.45, 7) is 2.88. The fraction of sp³-hybridized carbons (Fsp3) is 0.393. The minimum absolute atomic E-state index is 0. The molecule has 6 nitrogen and oxygen atoms in total. The molecule has 1 heterocycles. The highest BCUT2D eigenvalue weighted by atomic mass is 79.9. The van der Waals surface area contributed by atoms with Gasteiger partial charge in [0.2, 0.25) is 5.91 Å². The number of aryl methyl sites for hydroxylation is 1. The van der Waals surface area contributed by atoms with E-state index in [4.69, 9.17) is 10.5 Å². The van der Waals surface area contributed by atoms with Crippen LogP contribution in [0.25, 0.3) is 0 Å². The quantitative estimate of drug-likeness (QED) is 0.323. The van der Waals surface area contributed by atoms with Crippen molar-refractivity contribution < 1.29 is 35.9 Å². The monoisotopic (exact) mass is 539 g/mol. The first-order chi connectivity index (χ1) is 16.5. The molecule has 1 saturated carbocycles. The van der Waals surface area contributed by atoms with Crippen molar-refractivity contribution in [3.8, 4) is 0 Å². The lowest BCUT2D eigenvalue weighted by atomic mass is 9.64. The largest absolute Gasteiger partial charge is 1.00 e. The zero-order valence-electron chi connectivity index (χ0n) is 20.4. The second-order valence-corrected chi connectivity index (χ2v) is 9.19. The van der Waals surface area contributed by atoms with Crippen molar-refractivity contribution in [1.29, 1.82) is 0 Å². The van der Waals surface area contributed by atoms with E-state index in [0.29, 0.717) is 6.42 Å². The lowest BCUT2D eigenvalue weighted by Gasteiger charge is -2.37. The van der Waals surface area contributed by atoms with Crippen LogP contribution in [0.1, 0.15) is 55.1 Å². The molecule has 186 valence electrons. The van der Waals surface area contributed by atoms with E-state index >= 15 is 0 Å². The van der Waals surface area contributed by atoms with Gasteiger partial charge in [-0.1, -0.05) is 60.7 Å². The van der Waals surface area contributed by atoms with Crippen molar-refractivity contribution in [2.75, 3.05) is 7.11 Å². The molecule has 1 aliphatic carbocycles. The van der Waals surface area contributed by atoms with Crippen LogP contribution in [0.3, 0.4) is 0 Å². The second kappa shape index (κ2) is 11.7. The Hall–Kier alpha value is -2.93. The number of nitrogens with two attached hydrogens (primary N) is 1. The van der Waals surface area contributed by atoms with Crippen LogP contribution in [0, 0.1) is 12.8 Å². The standard InChI is InChI=1S/C28H33N3O3.BrH/c1-21-30(17-9-14-26(32)34-2)18-19-31(21)25-16-15-24(20-25)28(27(29)33,22-10-5-3-6-11-22)23-12-7-4-8-13-23;/h3-8,10-13,18-19,24-25H,9,14-17,20H2,1-2H3,(H-,29,33);1H/t24-,25+;/m1./s1. The molecule has 4 rings (SSSR count). The maximum absolute atomic E-state index is 13.3. The molecule has 3 aromatic rings. The van der Waals surface area contributed by atoms with E-state index in [2.05, 4.69) is 28.5 Å². The fourth-order valence-electron chi connectivity index (χ4n) is 5.76. The van der Waals surface area contributed by atoms with E-state index in [1.165, 1.54) is 7.11 Å². The molecule has 2 N–H and O–H groups in total. The van der Waals surface area contributed by atoms with Crippen LogP contribution in [0.4, 0.5) is 0 Å². The minimum atomic E-state index is -0.866. The Kier molecular flexibility index (Phi) is 8.89. The Morgan fingerprint density at radius 3 is 2.20 bits per heavy atom. The lowest BCUT2D eigenvalue weighted by Crippen LogP contribution is -3.00. The number of aromatic nitrogens is 2. The number of carbonyl (C=O) groups is 2. The van der Waals surface area contributed by atoms with Gasteiger partial charge >= 0.3 is 5.97 Å². The van der Waals surface area contributed by atoms with Gasteiger partial charge in [0.1, 0.15) is 23.9 Å². The van der Waals surface area contributed by atoms with Crippen LogP contribution in [0.2, 0.25) is 0 Å². The van der Waals surface area contributed by atoms with E-state index in [-0.39, 0.29) is 40.8 Å². The number of imidazole rings is 1. The third-order valence-corrected chi connectivity index (χ3v) is 7.46. The molecule has 0 bridgehead atoms. The van der Waals surface area contributed by atoms with Crippen LogP contribution in [0.5, 0.6) is 0 Å². The zero-order chi connectivity index (χ0) is 24.1. The Bertz CT molecular complexity index is 1090. The van der Waals surface area contributed by atoms with Gasteiger partial charge in [-0.2, -0.15) is 0 Å². The highest BCUT2D eigenvalue weighted by molar-refractivity contribution is 5.91. The molecule has 0 spiro atoms. The van der Waals surface area contributed by atoms with Gasteiger partial charge in [-0.05, 0) is 42.7 Å². The van der Waals surface area contributed by atoms with Gasteiger partial charge in [-0.15, -0.1) is 0 Å². The number of rotatable bonds is 9. The first-order valence-corrected chi connectivity index (χ1v) is 12.0. The average molecular weight is 541 g/mol. The number of esters is 1. The summed E-state index contributed by atoms with van der Waals surface area (Å²) in [4.78, 5) is 24.7. The number of amides is 1. The molecular weight excluding hydrogens is 506 g/mol. The van der Waals surface area contributed by atoms with Crippen molar-refractivity contribution in [1.82, 2.24) is 4.57 Å². The highest BCUT2D eigenvalue weighted by Gasteiger charge is 2.51. The lowest BCUT2D eigenvalue weighted by molar-refractivity contribution is -0.727. The number of benzene rings is 2. The smallest absolute Gasteiger partial charge is 0.305 e. The van der Waals surface area contributed by atoms with Gasteiger partial charge in [0, 0.05) is 13.3 Å². The van der Waals surface area contributed by atoms with E-state index in [1.807, 2.05) is 60.7 Å². The molecule has 7 heteroatoms. The fourth-order valence-corrected chi connectivity index (χ4v) is 5.76. The first kappa shape index (κ1) is 26.7. The average Bonchev–Trinajstić information content (AvgIpc) is 3.48. The zero-order valence-corrected chi connectivity index (χ0v) is 22.0. The molecule has 1 amide bonds. The topological polar surface area (TPSA) is 78.2 Å². The molecule has 1 aromatic heterocycles. The summed E-state index contributed by atoms with van der Waals surface area (Å²) in [5.41, 5.74) is 7.29. The van der Waals surface area contributed by atoms with Gasteiger partial charge in [-0.25, -0.2) is 9.13 Å². The molecule has 0 aliphatic heterocycles. The molecule has 35 heavy (non-hydrogen) atoms. The molecular formula is C28H34BrN3O3. The molecule has 0 unspecified atom stereocenters. The maximum atomic E-state index is 13.3. The Balaban J connectivity index is 0.00000342. The maximum Gasteiger partial charge on any atom is 0.305 e. The third-order valence-electron chi connectivity index (χ3n) is 7.46. The van der Waals surface area contributed by atoms with Crippen molar-refractivity contribution >= 4 is 11.9 Å². The van der Waals surface area contributed by atoms with Gasteiger partial charge in [0.15, 0.2) is 0 Å². The predicted octanol–water partition coefficient (Wildman–Crippen LogP) is 0.854. The third kappa shape index (κ3) is 5.20. The number of halogens is 1. The summed E-state index contributed by atoms with van der Waals surface area (Å²) >= 11 is 0. The summed E-state index contributed by atoms with van der Waals surface area (Å²) < 4.78 is 9.26. The van der Waals surface area contributed by atoms with Gasteiger partial charge in [0.05, 0.1) is 13.7 Å². The van der Waals surface area contributed by atoms with Crippen LogP contribution in [-0.4, -0.2) is 23.6 Å². The SMILES string of the molecule is COC(=O)CCCn1cc[n+]([C@H]2CC[C@@H](C(C(N)=O)(c3ccccc3)c3ccccc3)C2)c1C.[Br-]. The number of methoxy groups -OCH3 is 1. The van der Waals surface area contributed by atoms with E-state index < -0.39 is 5.41 Å². The Morgan fingerprint density at radius 2 is 1.66 bits per heavy atom. The van der Waals surface area contributed by atoms with E-state index in [1.54, 1.807) is 0 Å². The molecule has 0 saturated heterocycles. The number of nitrogens with zero attached hydrogens (tertiary/aromatic N) is 2. The molecule has 2 aromatic carbocycles. The second-order valence-electron chi connectivity index (χ2n) is 9.19. The van der Waals surface area contributed by atoms with Crippen LogP contribution in [-0.2, 0) is 26.3 Å². The normalized spacial score (nSPS) is 17.5. The molecule has 2 atom stereocenters. The number of ether oxygens (including phenoxy) is 1. The molecule has 1 fully saturated rings. The first-order valence-electron chi connectivity index (χ1n) is 12.0.